The molecule has 0 amide bonds. The van der Waals surface area contributed by atoms with Gasteiger partial charge in [-0.25, -0.2) is 4.98 Å². The highest BCUT2D eigenvalue weighted by atomic mass is 16.3. The zero-order valence-corrected chi connectivity index (χ0v) is 20.3. The monoisotopic (exact) mass is 473 g/mol. The van der Waals surface area contributed by atoms with Crippen LogP contribution >= 0.6 is 0 Å². The van der Waals surface area contributed by atoms with Gasteiger partial charge in [0.25, 0.3) is 0 Å². The minimum Gasteiger partial charge on any atom is -0.507 e. The number of hydrogen-bond donors (Lipinski definition) is 2. The van der Waals surface area contributed by atoms with Crippen molar-refractivity contribution in [2.24, 2.45) is 0 Å². The minimum atomic E-state index is -0.131. The maximum absolute atomic E-state index is 13.4. The van der Waals surface area contributed by atoms with E-state index in [0.29, 0.717) is 29.1 Å². The van der Waals surface area contributed by atoms with Gasteiger partial charge < -0.3 is 10.1 Å². The largest absolute Gasteiger partial charge is 0.507 e. The molecule has 5 heteroatoms. The quantitative estimate of drug-likeness (QED) is 0.253. The van der Waals surface area contributed by atoms with Gasteiger partial charge in [0.2, 0.25) is 5.78 Å². The summed E-state index contributed by atoms with van der Waals surface area (Å²) in [6, 6.07) is 26.7. The Morgan fingerprint density at radius 2 is 1.50 bits per heavy atom. The second kappa shape index (κ2) is 10.0. The predicted octanol–water partition coefficient (Wildman–Crippen LogP) is 6.87. The van der Waals surface area contributed by atoms with Gasteiger partial charge in [0.15, 0.2) is 0 Å². The molecule has 5 nitrogen and oxygen atoms in total. The molecule has 0 fully saturated rings. The molecule has 2 N–H and O–H groups in total. The third-order valence-electron chi connectivity index (χ3n) is 6.42. The smallest absolute Gasteiger partial charge is 0.227 e. The number of ketones is 1. The molecule has 0 radical (unpaired) electrons. The summed E-state index contributed by atoms with van der Waals surface area (Å²) in [7, 11) is 0. The number of aromatic hydroxyl groups is 1. The zero-order chi connectivity index (χ0) is 25.1. The van der Waals surface area contributed by atoms with Crippen molar-refractivity contribution >= 4 is 5.78 Å². The van der Waals surface area contributed by atoms with Crippen molar-refractivity contribution < 1.29 is 9.90 Å². The molecule has 36 heavy (non-hydrogen) atoms. The standard InChI is InChI=1S/C31H27N3O2/c1-3-22-23(4-2)30(31(36)25-15-10-11-17-32-25)34-29(22)27-19-21(20-12-6-5-7-13-20)18-26(33-27)24-14-8-9-16-28(24)35/h5-19,34-35H,3-4H2,1-2H3. The van der Waals surface area contributed by atoms with Crippen LogP contribution in [0.15, 0.2) is 91.1 Å². The summed E-state index contributed by atoms with van der Waals surface area (Å²) in [5, 5.41) is 10.6. The van der Waals surface area contributed by atoms with E-state index in [4.69, 9.17) is 4.98 Å². The van der Waals surface area contributed by atoms with Gasteiger partial charge in [-0.15, -0.1) is 0 Å². The van der Waals surface area contributed by atoms with Crippen molar-refractivity contribution in [1.29, 1.82) is 0 Å². The van der Waals surface area contributed by atoms with E-state index in [1.807, 2.05) is 48.5 Å². The lowest BCUT2D eigenvalue weighted by Crippen LogP contribution is -2.07. The number of aromatic amines is 1. The SMILES string of the molecule is CCc1c(C(=O)c2ccccn2)[nH]c(-c2cc(-c3ccccc3)cc(-c3ccccc3O)n2)c1CC. The number of benzene rings is 2. The van der Waals surface area contributed by atoms with Gasteiger partial charge >= 0.3 is 0 Å². The van der Waals surface area contributed by atoms with E-state index in [-0.39, 0.29) is 11.5 Å². The fourth-order valence-electron chi connectivity index (χ4n) is 4.68. The fourth-order valence-corrected chi connectivity index (χ4v) is 4.68. The van der Waals surface area contributed by atoms with Crippen LogP contribution in [0, 0.1) is 0 Å². The Balaban J connectivity index is 1.73. The Morgan fingerprint density at radius 3 is 2.19 bits per heavy atom. The van der Waals surface area contributed by atoms with Crippen molar-refractivity contribution in [3.8, 4) is 39.5 Å². The average molecular weight is 474 g/mol. The molecular weight excluding hydrogens is 446 g/mol. The van der Waals surface area contributed by atoms with Crippen molar-refractivity contribution in [1.82, 2.24) is 15.0 Å². The summed E-state index contributed by atoms with van der Waals surface area (Å²) < 4.78 is 0. The Bertz CT molecular complexity index is 1520. The Morgan fingerprint density at radius 1 is 0.806 bits per heavy atom. The van der Waals surface area contributed by atoms with E-state index in [1.54, 1.807) is 30.5 Å². The van der Waals surface area contributed by atoms with Gasteiger partial charge in [-0.1, -0.05) is 62.4 Å². The van der Waals surface area contributed by atoms with Crippen molar-refractivity contribution in [2.45, 2.75) is 26.7 Å². The third kappa shape index (κ3) is 4.31. The van der Waals surface area contributed by atoms with E-state index in [2.05, 4.69) is 35.9 Å². The first-order valence-corrected chi connectivity index (χ1v) is 12.2. The van der Waals surface area contributed by atoms with Crippen LogP contribution in [0.3, 0.4) is 0 Å². The number of carbonyl (C=O) groups excluding carboxylic acids is 1. The highest BCUT2D eigenvalue weighted by Crippen LogP contribution is 2.36. The van der Waals surface area contributed by atoms with Gasteiger partial charge in [0.05, 0.1) is 22.8 Å². The molecule has 0 aliphatic heterocycles. The van der Waals surface area contributed by atoms with Gasteiger partial charge in [0, 0.05) is 11.8 Å². The average Bonchev–Trinajstić information content (AvgIpc) is 3.32. The normalized spacial score (nSPS) is 10.9. The Hall–Kier alpha value is -4.51. The van der Waals surface area contributed by atoms with Crippen LogP contribution < -0.4 is 0 Å². The molecule has 3 heterocycles. The number of rotatable bonds is 7. The molecule has 5 aromatic rings. The minimum absolute atomic E-state index is 0.131. The molecule has 0 saturated carbocycles. The first-order valence-electron chi connectivity index (χ1n) is 12.2. The van der Waals surface area contributed by atoms with E-state index in [9.17, 15) is 9.90 Å². The van der Waals surface area contributed by atoms with Gasteiger partial charge in [-0.2, -0.15) is 0 Å². The summed E-state index contributed by atoms with van der Waals surface area (Å²) in [5.41, 5.74) is 7.90. The lowest BCUT2D eigenvalue weighted by atomic mass is 9.97. The van der Waals surface area contributed by atoms with Crippen LogP contribution in [-0.4, -0.2) is 25.8 Å². The molecule has 2 aromatic carbocycles. The molecule has 0 unspecified atom stereocenters. The molecule has 178 valence electrons. The van der Waals surface area contributed by atoms with Crippen molar-refractivity contribution in [3.63, 3.8) is 0 Å². The maximum atomic E-state index is 13.4. The molecule has 0 saturated heterocycles. The predicted molar refractivity (Wildman–Crippen MR) is 143 cm³/mol. The topological polar surface area (TPSA) is 78.9 Å². The Labute approximate surface area is 210 Å². The number of aromatic nitrogens is 3. The molecule has 3 aromatic heterocycles. The molecule has 0 aliphatic rings. The molecule has 0 bridgehead atoms. The van der Waals surface area contributed by atoms with Crippen LogP contribution in [0.5, 0.6) is 5.75 Å². The number of carbonyl (C=O) groups is 1. The van der Waals surface area contributed by atoms with Crippen LogP contribution in [0.25, 0.3) is 33.8 Å². The summed E-state index contributed by atoms with van der Waals surface area (Å²) in [5.74, 6) is 0.0390. The highest BCUT2D eigenvalue weighted by molar-refractivity contribution is 6.08. The summed E-state index contributed by atoms with van der Waals surface area (Å²) >= 11 is 0. The number of phenols is 1. The van der Waals surface area contributed by atoms with E-state index < -0.39 is 0 Å². The van der Waals surface area contributed by atoms with Gasteiger partial charge in [-0.3, -0.25) is 9.78 Å². The lowest BCUT2D eigenvalue weighted by Gasteiger charge is -2.11. The molecular formula is C31H27N3O2. The van der Waals surface area contributed by atoms with Crippen LogP contribution in [0.4, 0.5) is 0 Å². The number of phenolic OH excluding ortho intramolecular Hbond substituents is 1. The number of H-pyrrole nitrogens is 1. The molecule has 0 spiro atoms. The molecule has 0 atom stereocenters. The van der Waals surface area contributed by atoms with Crippen LogP contribution in [0.2, 0.25) is 0 Å². The first kappa shape index (κ1) is 23.2. The highest BCUT2D eigenvalue weighted by Gasteiger charge is 2.24. The fraction of sp³-hybridized carbons (Fsp3) is 0.129. The number of para-hydroxylation sites is 1. The van der Waals surface area contributed by atoms with E-state index in [1.165, 1.54) is 0 Å². The second-order valence-corrected chi connectivity index (χ2v) is 8.59. The van der Waals surface area contributed by atoms with Crippen LogP contribution in [-0.2, 0) is 12.8 Å². The van der Waals surface area contributed by atoms with Gasteiger partial charge in [0.1, 0.15) is 11.4 Å². The van der Waals surface area contributed by atoms with Gasteiger partial charge in [-0.05, 0) is 71.5 Å². The summed E-state index contributed by atoms with van der Waals surface area (Å²) in [6.45, 7) is 4.15. The first-order chi connectivity index (χ1) is 17.6. The lowest BCUT2D eigenvalue weighted by molar-refractivity contribution is 0.102. The summed E-state index contributed by atoms with van der Waals surface area (Å²) in [6.07, 6.45) is 3.08. The van der Waals surface area contributed by atoms with E-state index in [0.717, 1.165) is 40.1 Å². The van der Waals surface area contributed by atoms with Crippen LogP contribution in [0.1, 0.15) is 41.2 Å². The summed E-state index contributed by atoms with van der Waals surface area (Å²) in [4.78, 5) is 26.1. The van der Waals surface area contributed by atoms with Crippen molar-refractivity contribution in [2.75, 3.05) is 0 Å². The molecule has 5 rings (SSSR count). The zero-order valence-electron chi connectivity index (χ0n) is 20.3. The Kier molecular flexibility index (Phi) is 6.46. The van der Waals surface area contributed by atoms with E-state index >= 15 is 0 Å². The number of hydrogen-bond acceptors (Lipinski definition) is 4. The number of pyridine rings is 2. The second-order valence-electron chi connectivity index (χ2n) is 8.59. The molecule has 0 aliphatic carbocycles. The maximum Gasteiger partial charge on any atom is 0.227 e. The number of nitrogens with one attached hydrogen (secondary N) is 1. The third-order valence-corrected chi connectivity index (χ3v) is 6.42. The number of nitrogens with zero attached hydrogens (tertiary/aromatic N) is 2. The van der Waals surface area contributed by atoms with Crippen molar-refractivity contribution in [3.05, 3.63) is 114 Å².